The van der Waals surface area contributed by atoms with Crippen molar-refractivity contribution in [3.8, 4) is 5.69 Å². The molecule has 5 amide bonds. The molecule has 37 nitrogen and oxygen atoms in total. The van der Waals surface area contributed by atoms with Crippen molar-refractivity contribution in [3.63, 3.8) is 0 Å². The molecular formula is C89H99N31O6. The number of rotatable bonds is 23. The number of imidazole rings is 1. The van der Waals surface area contributed by atoms with Gasteiger partial charge in [-0.05, 0) is 246 Å². The first-order valence-corrected chi connectivity index (χ1v) is 39.7. The Morgan fingerprint density at radius 1 is 0.421 bits per heavy atom. The molecule has 0 radical (unpaired) electrons. The van der Waals surface area contributed by atoms with E-state index >= 15 is 0 Å². The number of nitrogens with two attached hydrogens (primary N) is 8. The summed E-state index contributed by atoms with van der Waals surface area (Å²) < 4.78 is 1.89. The number of carbonyl (C=O) groups is 5. The van der Waals surface area contributed by atoms with Crippen LogP contribution in [-0.4, -0.2) is 143 Å². The minimum Gasteiger partial charge on any atom is -0.372 e. The largest absolute Gasteiger partial charge is 0.372 e. The third-order valence-corrected chi connectivity index (χ3v) is 19.4. The number of fused-ring (bicyclic) bond motifs is 4. The molecule has 5 aromatic heterocycles. The van der Waals surface area contributed by atoms with E-state index in [0.29, 0.717) is 74.9 Å². The van der Waals surface area contributed by atoms with Gasteiger partial charge in [-0.15, -0.1) is 20.4 Å². The van der Waals surface area contributed by atoms with E-state index < -0.39 is 5.91 Å². The molecule has 0 unspecified atom stereocenters. The van der Waals surface area contributed by atoms with Crippen LogP contribution in [0.5, 0.6) is 0 Å². The van der Waals surface area contributed by atoms with Gasteiger partial charge in [0.2, 0.25) is 29.7 Å². The highest BCUT2D eigenvalue weighted by molar-refractivity contribution is 6.12. The molecule has 13 aromatic rings. The number of carbonyl (C=O) groups excluding carboxylic acids is 5. The molecule has 0 aliphatic carbocycles. The molecule has 0 spiro atoms. The number of aromatic amines is 4. The van der Waals surface area contributed by atoms with Crippen LogP contribution in [0.2, 0.25) is 0 Å². The summed E-state index contributed by atoms with van der Waals surface area (Å²) in [5.41, 5.74) is 65.7. The molecular weight excluding hydrogens is 1600 g/mol. The lowest BCUT2D eigenvalue weighted by Gasteiger charge is -2.28. The minimum atomic E-state index is -0.522. The molecule has 646 valence electrons. The van der Waals surface area contributed by atoms with Crippen molar-refractivity contribution >= 4 is 160 Å². The number of H-pyrrole nitrogens is 4. The van der Waals surface area contributed by atoms with Gasteiger partial charge in [0.1, 0.15) is 28.6 Å². The van der Waals surface area contributed by atoms with Gasteiger partial charge in [-0.1, -0.05) is 56.3 Å². The van der Waals surface area contributed by atoms with Crippen molar-refractivity contribution in [2.45, 2.75) is 74.1 Å². The summed E-state index contributed by atoms with van der Waals surface area (Å²) in [6, 6.07) is 59.3. The number of primary amides is 1. The molecule has 6 heterocycles. The Bertz CT molecular complexity index is 6400. The molecule has 0 atom stereocenters. The topological polar surface area (TPSA) is 594 Å². The first-order chi connectivity index (χ1) is 60.5. The highest BCUT2D eigenvalue weighted by Crippen LogP contribution is 2.28. The predicted molar refractivity (Wildman–Crippen MR) is 503 cm³/mol. The van der Waals surface area contributed by atoms with Gasteiger partial charge in [-0.2, -0.15) is 25.5 Å². The van der Waals surface area contributed by atoms with Crippen LogP contribution < -0.4 is 82.9 Å². The SMILES string of the molecule is C/C(=N/N=C(N)N)c1ccc2[nH]c(C(=O)Nc3ccc(-n4ccnc4)cc3)cc2c1.C/C(=N\N=C(N)N)c1ccc(NC(=O)c2cc3cc(C(CC(C)C)=NN=C(N)N)ccc3[nH]2)cc1.CC(=N/N=C(\C)c1ccc(NC(=O)c2cc3cc(C(N)=O)ccc3[nH]2)cc1)NO.CN=C(N)N/N=C(/C)c1ccc2[nH]c(C(=O)Nc3ccc(N4CCCCC4)cc3)cc2c1. The van der Waals surface area contributed by atoms with E-state index in [9.17, 15) is 24.0 Å². The standard InChI is InChI=1S/C24H30N10O.C24H29N7O.C21H20N8O.C20H20N6O3/c1-13(2)10-20(32-34-24(27)28)16-6-9-19-17(11-16)12-21(30-19)22(35)29-18-7-4-15(5-8-18)14(3)31-33-23(25)26;1-16(29-30-24(25)26-2)17-6-11-21-18(14-17)15-22(28-21)23(32)27-19-7-9-20(10-8-19)31-12-4-3-5-13-31;1-13(27-28-21(22)23)14-2-7-18-15(10-14)11-19(26-18)20(30)25-16-3-5-17(6-4-16)29-9-8-24-12-29;1-11(24-25-12(2)26-29)13-3-6-16(7-4-13)22-20(28)18-10-15-9-14(19(21)27)5-8-17(15)23-18/h4-9,11-13,30H,10H2,1-3H3,(H,29,35)(H4,25,26,33)(H4,27,28,34);6-11,14-15,28H,3-5,12-13H2,1-2H3,(H,27,32)(H3,25,26,30);2-12,26H,1H3,(H,25,30)(H4,22,23,28);3-10,23,29H,1-2H3,(H2,21,27)(H,22,28)(H,25,26)/b31-14+,32-20?;29-16-;27-13-;24-11+. The van der Waals surface area contributed by atoms with Gasteiger partial charge < -0.3 is 96.5 Å². The molecule has 1 saturated heterocycles. The third-order valence-electron chi connectivity index (χ3n) is 19.4. The number of hydrazone groups is 1. The van der Waals surface area contributed by atoms with Crippen LogP contribution in [0.1, 0.15) is 154 Å². The Labute approximate surface area is 723 Å². The summed E-state index contributed by atoms with van der Waals surface area (Å²) >= 11 is 0. The van der Waals surface area contributed by atoms with Crippen LogP contribution in [0.15, 0.2) is 264 Å². The van der Waals surface area contributed by atoms with Crippen LogP contribution in [0.3, 0.4) is 0 Å². The van der Waals surface area contributed by atoms with Crippen LogP contribution in [0.25, 0.3) is 49.3 Å². The van der Waals surface area contributed by atoms with Crippen LogP contribution in [0.4, 0.5) is 28.4 Å². The van der Waals surface area contributed by atoms with Gasteiger partial charge >= 0.3 is 0 Å². The summed E-state index contributed by atoms with van der Waals surface area (Å²) in [4.78, 5) is 84.9. The van der Waals surface area contributed by atoms with Gasteiger partial charge in [0, 0.05) is 116 Å². The number of aromatic nitrogens is 6. The quantitative estimate of drug-likeness (QED) is 0.0161. The Kier molecular flexibility index (Phi) is 30.2. The number of amides is 5. The normalized spacial score (nSPS) is 12.7. The first kappa shape index (κ1) is 89.9. The van der Waals surface area contributed by atoms with Gasteiger partial charge in [0.15, 0.2) is 0 Å². The van der Waals surface area contributed by atoms with Gasteiger partial charge in [0.05, 0.1) is 34.9 Å². The molecule has 14 rings (SSSR count). The van der Waals surface area contributed by atoms with Crippen molar-refractivity contribution in [2.75, 3.05) is 46.3 Å². The number of anilines is 5. The number of hydrogen-bond donors (Lipinski definition) is 19. The summed E-state index contributed by atoms with van der Waals surface area (Å²) in [6.07, 6.45) is 9.78. The number of amidine groups is 1. The third kappa shape index (κ3) is 25.1. The Hall–Kier alpha value is -16.9. The fraction of sp³-hybridized carbons (Fsp3) is 0.169. The maximum atomic E-state index is 12.8. The summed E-state index contributed by atoms with van der Waals surface area (Å²) in [5.74, 6) is -0.939. The molecule has 126 heavy (non-hydrogen) atoms. The number of hydrogen-bond acceptors (Lipinski definition) is 18. The number of piperidine rings is 1. The summed E-state index contributed by atoms with van der Waals surface area (Å²) in [5, 5.41) is 59.0. The zero-order valence-electron chi connectivity index (χ0n) is 70.4. The average molecular weight is 1700 g/mol. The van der Waals surface area contributed by atoms with Crippen LogP contribution in [0, 0.1) is 5.92 Å². The van der Waals surface area contributed by atoms with Gasteiger partial charge in [-0.25, -0.2) is 10.4 Å². The van der Waals surface area contributed by atoms with E-state index in [0.717, 1.165) is 107 Å². The number of benzene rings is 8. The fourth-order valence-electron chi connectivity index (χ4n) is 12.8. The number of aliphatic imine (C=N–C) groups is 1. The first-order valence-electron chi connectivity index (χ1n) is 39.7. The zero-order valence-corrected chi connectivity index (χ0v) is 70.4. The van der Waals surface area contributed by atoms with E-state index in [1.807, 2.05) is 132 Å². The van der Waals surface area contributed by atoms with E-state index in [-0.39, 0.29) is 53.3 Å². The van der Waals surface area contributed by atoms with Crippen LogP contribution in [-0.2, 0) is 0 Å². The van der Waals surface area contributed by atoms with E-state index in [1.54, 1.807) is 120 Å². The maximum absolute atomic E-state index is 12.8. The molecule has 0 saturated carbocycles. The fourth-order valence-corrected chi connectivity index (χ4v) is 12.8. The molecule has 1 aliphatic rings. The lowest BCUT2D eigenvalue weighted by atomic mass is 9.99. The van der Waals surface area contributed by atoms with E-state index in [2.05, 4.69) is 133 Å². The molecule has 1 fully saturated rings. The van der Waals surface area contributed by atoms with Gasteiger partial charge in [-0.3, -0.25) is 39.7 Å². The predicted octanol–water partition coefficient (Wildman–Crippen LogP) is 11.4. The summed E-state index contributed by atoms with van der Waals surface area (Å²) in [7, 11) is 1.59. The molecule has 27 N–H and O–H groups in total. The highest BCUT2D eigenvalue weighted by atomic mass is 16.5. The Balaban J connectivity index is 0.000000163. The number of nitrogens with one attached hydrogen (secondary N) is 10. The molecule has 8 aromatic carbocycles. The van der Waals surface area contributed by atoms with Gasteiger partial charge in [0.25, 0.3) is 23.6 Å². The zero-order chi connectivity index (χ0) is 90.1. The van der Waals surface area contributed by atoms with Crippen LogP contribution >= 0.6 is 0 Å². The highest BCUT2D eigenvalue weighted by Gasteiger charge is 2.19. The minimum absolute atomic E-state index is 0.0998. The second-order valence-corrected chi connectivity index (χ2v) is 29.4. The van der Waals surface area contributed by atoms with E-state index in [4.69, 9.17) is 51.1 Å². The van der Waals surface area contributed by atoms with Crippen molar-refractivity contribution in [1.82, 2.24) is 40.4 Å². The Morgan fingerprint density at radius 3 is 1.17 bits per heavy atom. The number of guanidine groups is 4. The van der Waals surface area contributed by atoms with Crippen molar-refractivity contribution in [2.24, 2.45) is 103 Å². The molecule has 1 aliphatic heterocycles. The lowest BCUT2D eigenvalue weighted by Crippen LogP contribution is -2.29. The lowest BCUT2D eigenvalue weighted by molar-refractivity contribution is 0.0995. The number of nitrogens with zero attached hydrogens (tertiary/aromatic N) is 13. The molecule has 0 bridgehead atoms. The summed E-state index contributed by atoms with van der Waals surface area (Å²) in [6.45, 7) is 15.2. The average Bonchev–Trinajstić information content (AvgIpc) is 1.72. The van der Waals surface area contributed by atoms with Crippen molar-refractivity contribution < 1.29 is 29.2 Å². The maximum Gasteiger partial charge on any atom is 0.272 e. The second kappa shape index (κ2) is 42.4. The smallest absolute Gasteiger partial charge is 0.272 e. The molecule has 37 heteroatoms. The Morgan fingerprint density at radius 2 is 0.778 bits per heavy atom. The monoisotopic (exact) mass is 1700 g/mol. The second-order valence-electron chi connectivity index (χ2n) is 29.4. The van der Waals surface area contributed by atoms with Crippen molar-refractivity contribution in [3.05, 3.63) is 269 Å². The number of hydroxylamine groups is 1. The van der Waals surface area contributed by atoms with E-state index in [1.165, 1.54) is 24.9 Å². The van der Waals surface area contributed by atoms with Crippen molar-refractivity contribution in [1.29, 1.82) is 0 Å².